The van der Waals surface area contributed by atoms with Gasteiger partial charge in [-0.25, -0.2) is 0 Å². The Hall–Kier alpha value is 0.180. The summed E-state index contributed by atoms with van der Waals surface area (Å²) >= 11 is 4.83. The fourth-order valence-electron chi connectivity index (χ4n) is 0.789. The summed E-state index contributed by atoms with van der Waals surface area (Å²) < 4.78 is 1.95. The SMILES string of the molecule is CSc1nnc(SCCC(C)(N)CO)s1. The molecule has 0 fully saturated rings. The van der Waals surface area contributed by atoms with E-state index in [9.17, 15) is 0 Å². The van der Waals surface area contributed by atoms with Crippen LogP contribution in [0.15, 0.2) is 8.68 Å². The van der Waals surface area contributed by atoms with Crippen molar-refractivity contribution in [2.45, 2.75) is 27.6 Å². The molecule has 0 saturated carbocycles. The highest BCUT2D eigenvalue weighted by Gasteiger charge is 2.16. The van der Waals surface area contributed by atoms with E-state index >= 15 is 0 Å². The van der Waals surface area contributed by atoms with Gasteiger partial charge in [-0.1, -0.05) is 34.9 Å². The van der Waals surface area contributed by atoms with Crippen molar-refractivity contribution in [1.29, 1.82) is 0 Å². The van der Waals surface area contributed by atoms with Crippen LogP contribution in [0.2, 0.25) is 0 Å². The Morgan fingerprint density at radius 2 is 2.13 bits per heavy atom. The Balaban J connectivity index is 2.31. The van der Waals surface area contributed by atoms with Crippen LogP contribution in [0.4, 0.5) is 0 Å². The average Bonchev–Trinajstić information content (AvgIpc) is 2.66. The number of rotatable bonds is 6. The van der Waals surface area contributed by atoms with Crippen LogP contribution in [0.1, 0.15) is 13.3 Å². The van der Waals surface area contributed by atoms with Gasteiger partial charge in [0.2, 0.25) is 0 Å². The van der Waals surface area contributed by atoms with Crippen LogP contribution in [-0.2, 0) is 0 Å². The third-order valence-corrected chi connectivity index (χ3v) is 4.86. The van der Waals surface area contributed by atoms with Crippen LogP contribution in [0.25, 0.3) is 0 Å². The molecule has 1 unspecified atom stereocenters. The minimum atomic E-state index is -0.486. The number of aliphatic hydroxyl groups excluding tert-OH is 1. The molecule has 0 spiro atoms. The van der Waals surface area contributed by atoms with Gasteiger partial charge in [-0.3, -0.25) is 0 Å². The second-order valence-corrected chi connectivity index (χ2v) is 6.82. The lowest BCUT2D eigenvalue weighted by molar-refractivity contribution is 0.206. The molecule has 0 aliphatic heterocycles. The fourth-order valence-corrected chi connectivity index (χ4v) is 3.52. The quantitative estimate of drug-likeness (QED) is 0.759. The van der Waals surface area contributed by atoms with Crippen LogP contribution in [0, 0.1) is 0 Å². The number of hydrogen-bond acceptors (Lipinski definition) is 7. The first kappa shape index (κ1) is 13.2. The molecule has 0 radical (unpaired) electrons. The van der Waals surface area contributed by atoms with Crippen molar-refractivity contribution >= 4 is 34.9 Å². The largest absolute Gasteiger partial charge is 0.394 e. The number of thioether (sulfide) groups is 2. The number of aliphatic hydroxyl groups is 1. The first-order valence-electron chi connectivity index (χ1n) is 4.47. The minimum absolute atomic E-state index is 0.0136. The molecule has 7 heteroatoms. The summed E-state index contributed by atoms with van der Waals surface area (Å²) in [6.07, 6.45) is 2.75. The van der Waals surface area contributed by atoms with E-state index in [1.54, 1.807) is 34.9 Å². The van der Waals surface area contributed by atoms with Gasteiger partial charge < -0.3 is 10.8 Å². The van der Waals surface area contributed by atoms with E-state index in [0.29, 0.717) is 0 Å². The Bertz CT molecular complexity index is 303. The van der Waals surface area contributed by atoms with Crippen molar-refractivity contribution in [2.75, 3.05) is 18.6 Å². The summed E-state index contributed by atoms with van der Waals surface area (Å²) in [6.45, 7) is 1.86. The van der Waals surface area contributed by atoms with Gasteiger partial charge in [-0.15, -0.1) is 10.2 Å². The molecule has 0 aromatic carbocycles. The monoisotopic (exact) mass is 265 g/mol. The summed E-state index contributed by atoms with van der Waals surface area (Å²) in [4.78, 5) is 0. The van der Waals surface area contributed by atoms with E-state index in [4.69, 9.17) is 10.8 Å². The standard InChI is InChI=1S/C8H15N3OS3/c1-8(9,5-12)3-4-14-7-11-10-6(13-2)15-7/h12H,3-5,9H2,1-2H3. The van der Waals surface area contributed by atoms with Crippen molar-refractivity contribution in [2.24, 2.45) is 5.73 Å². The Morgan fingerprint density at radius 1 is 1.47 bits per heavy atom. The van der Waals surface area contributed by atoms with Crippen molar-refractivity contribution in [1.82, 2.24) is 10.2 Å². The van der Waals surface area contributed by atoms with Gasteiger partial charge in [0, 0.05) is 11.3 Å². The minimum Gasteiger partial charge on any atom is -0.394 e. The zero-order valence-electron chi connectivity index (χ0n) is 8.77. The molecule has 1 atom stereocenters. The molecule has 0 bridgehead atoms. The molecular formula is C8H15N3OS3. The van der Waals surface area contributed by atoms with Gasteiger partial charge in [0.25, 0.3) is 0 Å². The third kappa shape index (κ3) is 4.69. The van der Waals surface area contributed by atoms with E-state index in [1.165, 1.54) is 0 Å². The van der Waals surface area contributed by atoms with Gasteiger partial charge >= 0.3 is 0 Å². The molecule has 0 amide bonds. The van der Waals surface area contributed by atoms with Crippen LogP contribution in [-0.4, -0.2) is 39.5 Å². The van der Waals surface area contributed by atoms with Crippen molar-refractivity contribution in [3.05, 3.63) is 0 Å². The predicted molar refractivity (Wildman–Crippen MR) is 66.7 cm³/mol. The summed E-state index contributed by atoms with van der Waals surface area (Å²) in [5, 5.41) is 17.0. The number of nitrogens with two attached hydrogens (primary N) is 1. The van der Waals surface area contributed by atoms with Crippen molar-refractivity contribution in [3.8, 4) is 0 Å². The summed E-state index contributed by atoms with van der Waals surface area (Å²) in [5.74, 6) is 0.858. The zero-order valence-corrected chi connectivity index (χ0v) is 11.2. The molecular weight excluding hydrogens is 250 g/mol. The lowest BCUT2D eigenvalue weighted by atomic mass is 10.0. The first-order valence-corrected chi connectivity index (χ1v) is 7.50. The van der Waals surface area contributed by atoms with Gasteiger partial charge in [0.1, 0.15) is 0 Å². The molecule has 0 aliphatic carbocycles. The van der Waals surface area contributed by atoms with Gasteiger partial charge in [-0.05, 0) is 19.6 Å². The number of nitrogens with zero attached hydrogens (tertiary/aromatic N) is 2. The fraction of sp³-hybridized carbons (Fsp3) is 0.750. The van der Waals surface area contributed by atoms with Crippen molar-refractivity contribution in [3.63, 3.8) is 0 Å². The Kier molecular flexibility index (Phi) is 5.34. The van der Waals surface area contributed by atoms with Crippen LogP contribution in [0.3, 0.4) is 0 Å². The number of hydrogen-bond donors (Lipinski definition) is 2. The van der Waals surface area contributed by atoms with E-state index in [1.807, 2.05) is 13.2 Å². The first-order chi connectivity index (χ1) is 7.07. The van der Waals surface area contributed by atoms with E-state index in [-0.39, 0.29) is 6.61 Å². The van der Waals surface area contributed by atoms with Crippen molar-refractivity contribution < 1.29 is 5.11 Å². The molecule has 86 valence electrons. The maximum atomic E-state index is 8.97. The molecule has 4 nitrogen and oxygen atoms in total. The lowest BCUT2D eigenvalue weighted by Gasteiger charge is -2.20. The maximum absolute atomic E-state index is 8.97. The molecule has 1 aromatic heterocycles. The summed E-state index contributed by atoms with van der Waals surface area (Å²) in [6, 6.07) is 0. The highest BCUT2D eigenvalue weighted by molar-refractivity contribution is 8.02. The molecule has 1 heterocycles. The summed E-state index contributed by atoms with van der Waals surface area (Å²) in [7, 11) is 0. The Morgan fingerprint density at radius 3 is 2.67 bits per heavy atom. The maximum Gasteiger partial charge on any atom is 0.175 e. The number of aromatic nitrogens is 2. The molecule has 0 aliphatic rings. The van der Waals surface area contributed by atoms with Crippen LogP contribution >= 0.6 is 34.9 Å². The molecule has 0 saturated heterocycles. The molecule has 1 rings (SSSR count). The van der Waals surface area contributed by atoms with Crippen LogP contribution in [0.5, 0.6) is 0 Å². The van der Waals surface area contributed by atoms with E-state index in [0.717, 1.165) is 20.9 Å². The highest BCUT2D eigenvalue weighted by Crippen LogP contribution is 2.28. The Labute approximate surface area is 102 Å². The molecule has 1 aromatic rings. The lowest BCUT2D eigenvalue weighted by Crippen LogP contribution is -2.40. The second-order valence-electron chi connectivity index (χ2n) is 3.45. The topological polar surface area (TPSA) is 72.0 Å². The van der Waals surface area contributed by atoms with Gasteiger partial charge in [0.15, 0.2) is 8.68 Å². The van der Waals surface area contributed by atoms with E-state index < -0.39 is 5.54 Å². The van der Waals surface area contributed by atoms with Gasteiger partial charge in [0.05, 0.1) is 6.61 Å². The third-order valence-electron chi connectivity index (χ3n) is 1.82. The summed E-state index contributed by atoms with van der Waals surface area (Å²) in [5.41, 5.74) is 5.33. The van der Waals surface area contributed by atoms with Crippen LogP contribution < -0.4 is 5.73 Å². The second kappa shape index (κ2) is 6.05. The average molecular weight is 265 g/mol. The van der Waals surface area contributed by atoms with E-state index in [2.05, 4.69) is 10.2 Å². The zero-order chi connectivity index (χ0) is 11.3. The molecule has 15 heavy (non-hydrogen) atoms. The highest BCUT2D eigenvalue weighted by atomic mass is 32.2. The smallest absolute Gasteiger partial charge is 0.175 e. The molecule has 3 N–H and O–H groups in total. The van der Waals surface area contributed by atoms with Gasteiger partial charge in [-0.2, -0.15) is 0 Å². The predicted octanol–water partition coefficient (Wildman–Crippen LogP) is 1.45. The normalized spacial score (nSPS) is 15.2.